The maximum atomic E-state index is 10.5. The lowest BCUT2D eigenvalue weighted by molar-refractivity contribution is 0.167. The van der Waals surface area contributed by atoms with Crippen molar-refractivity contribution in [1.82, 2.24) is 0 Å². The molecule has 0 aliphatic carbocycles. The molecule has 0 amide bonds. The molecule has 4 heteroatoms. The quantitative estimate of drug-likeness (QED) is 0.699. The molecule has 0 atom stereocenters. The van der Waals surface area contributed by atoms with Crippen LogP contribution in [0.25, 0.3) is 0 Å². The average Bonchev–Trinajstić information content (AvgIpc) is 2.15. The van der Waals surface area contributed by atoms with Gasteiger partial charge >= 0.3 is 0 Å². The molecule has 0 spiro atoms. The van der Waals surface area contributed by atoms with Crippen LogP contribution in [-0.4, -0.2) is 20.8 Å². The number of hydrogen-bond donors (Lipinski definition) is 1. The van der Waals surface area contributed by atoms with E-state index in [0.717, 1.165) is 11.3 Å². The Morgan fingerprint density at radius 2 is 2.08 bits per heavy atom. The van der Waals surface area contributed by atoms with Crippen LogP contribution in [0.2, 0.25) is 0 Å². The molecular weight excluding hydrogens is 165 g/mol. The summed E-state index contributed by atoms with van der Waals surface area (Å²) in [6.07, 6.45) is 0. The summed E-state index contributed by atoms with van der Waals surface area (Å²) >= 11 is 0. The van der Waals surface area contributed by atoms with E-state index < -0.39 is 0 Å². The second kappa shape index (κ2) is 4.55. The van der Waals surface area contributed by atoms with Gasteiger partial charge in [-0.2, -0.15) is 0 Å². The lowest BCUT2D eigenvalue weighted by Crippen LogP contribution is -2.00. The predicted molar refractivity (Wildman–Crippen MR) is 54.7 cm³/mol. The zero-order valence-electron chi connectivity index (χ0n) is 7.83. The van der Waals surface area contributed by atoms with Gasteiger partial charge in [-0.05, 0) is 17.7 Å². The first-order valence-electron chi connectivity index (χ1n) is 4.12. The summed E-state index contributed by atoms with van der Waals surface area (Å²) in [6, 6.07) is 7.74. The third-order valence-electron chi connectivity index (χ3n) is 1.68. The van der Waals surface area contributed by atoms with Gasteiger partial charge < -0.3 is 10.1 Å². The molecule has 13 heavy (non-hydrogen) atoms. The molecule has 0 heterocycles. The molecule has 1 rings (SSSR count). The lowest BCUT2D eigenvalue weighted by Gasteiger charge is -2.03. The van der Waals surface area contributed by atoms with E-state index in [2.05, 4.69) is 5.32 Å². The number of carbonyl (C=O) groups is 1. The lowest BCUT2D eigenvalue weighted by atomic mass is 10.2. The molecule has 0 unspecified atom stereocenters. The fourth-order valence-corrected chi connectivity index (χ4v) is 0.953. The molecule has 68 valence electrons. The molecule has 0 radical (unpaired) electrons. The van der Waals surface area contributed by atoms with Gasteiger partial charge in [-0.15, -0.1) is 0 Å². The number of carbonyl (C=O) groups excluding carboxylic acids is 1. The summed E-state index contributed by atoms with van der Waals surface area (Å²) in [5.41, 5.74) is 2.04. The van der Waals surface area contributed by atoms with E-state index >= 15 is 0 Å². The van der Waals surface area contributed by atoms with Crippen LogP contribution in [0, 0.1) is 0 Å². The molecule has 1 N–H and O–H groups in total. The van der Waals surface area contributed by atoms with E-state index in [0.29, 0.717) is 6.61 Å². The third kappa shape index (κ3) is 3.19. The van der Waals surface area contributed by atoms with Crippen LogP contribution in [0.5, 0.6) is 0 Å². The van der Waals surface area contributed by atoms with Crippen LogP contribution in [0.4, 0.5) is 10.5 Å². The van der Waals surface area contributed by atoms with Crippen molar-refractivity contribution >= 4 is 19.4 Å². The van der Waals surface area contributed by atoms with E-state index in [9.17, 15) is 4.79 Å². The molecule has 0 saturated heterocycles. The van der Waals surface area contributed by atoms with Gasteiger partial charge in [0, 0.05) is 12.7 Å². The Labute approximate surface area is 78.5 Å². The van der Waals surface area contributed by atoms with E-state index in [1.807, 2.05) is 31.3 Å². The molecule has 0 aromatic heterocycles. The topological polar surface area (TPSA) is 38.3 Å². The van der Waals surface area contributed by atoms with Crippen LogP contribution in [0.3, 0.4) is 0 Å². The summed E-state index contributed by atoms with van der Waals surface area (Å²) in [4.78, 5) is 10.5. The largest absolute Gasteiger partial charge is 0.469 e. The Hall–Kier alpha value is -1.45. The summed E-state index contributed by atoms with van der Waals surface area (Å²) < 4.78 is 4.84. The minimum atomic E-state index is -0.252. The number of hydrogen-bond acceptors (Lipinski definition) is 3. The number of benzene rings is 1. The van der Waals surface area contributed by atoms with Crippen LogP contribution >= 0.6 is 0 Å². The normalized spacial score (nSPS) is 9.31. The van der Waals surface area contributed by atoms with Crippen LogP contribution < -0.4 is 5.32 Å². The van der Waals surface area contributed by atoms with Crippen LogP contribution in [-0.2, 0) is 11.3 Å². The maximum Gasteiger partial charge on any atom is 0.243 e. The van der Waals surface area contributed by atoms with Gasteiger partial charge in [0.05, 0.1) is 0 Å². The van der Waals surface area contributed by atoms with Gasteiger partial charge in [0.1, 0.15) is 6.61 Å². The molecule has 0 aliphatic rings. The molecule has 0 bridgehead atoms. The second-order valence-corrected chi connectivity index (χ2v) is 2.73. The van der Waals surface area contributed by atoms with Crippen molar-refractivity contribution in [3.05, 3.63) is 29.8 Å². The zero-order chi connectivity index (χ0) is 9.68. The van der Waals surface area contributed by atoms with Gasteiger partial charge in [-0.3, -0.25) is 4.79 Å². The van der Waals surface area contributed by atoms with Crippen LogP contribution in [0.1, 0.15) is 5.56 Å². The first-order chi connectivity index (χ1) is 6.22. The monoisotopic (exact) mass is 177 g/mol. The van der Waals surface area contributed by atoms with Crippen molar-refractivity contribution in [2.45, 2.75) is 6.61 Å². The Bertz CT molecular complexity index is 284. The van der Waals surface area contributed by atoms with Gasteiger partial charge in [-0.25, -0.2) is 0 Å². The Balaban J connectivity index is 2.54. The van der Waals surface area contributed by atoms with Crippen molar-refractivity contribution in [1.29, 1.82) is 0 Å². The molecule has 1 aromatic rings. The fourth-order valence-electron chi connectivity index (χ4n) is 0.953. The predicted octanol–water partition coefficient (Wildman–Crippen LogP) is 0.998. The third-order valence-corrected chi connectivity index (χ3v) is 1.68. The van der Waals surface area contributed by atoms with Gasteiger partial charge in [-0.1, -0.05) is 12.1 Å². The van der Waals surface area contributed by atoms with Gasteiger partial charge in [0.25, 0.3) is 0 Å². The number of rotatable bonds is 3. The molecule has 0 aliphatic heterocycles. The molecular formula is C9H12BNO2. The Morgan fingerprint density at radius 1 is 1.46 bits per heavy atom. The molecule has 3 nitrogen and oxygen atoms in total. The molecule has 1 aromatic carbocycles. The smallest absolute Gasteiger partial charge is 0.243 e. The standard InChI is InChI=1S/C9H12BNO2/c1-11-8-4-2-7(3-5-8)6-13-9(10)12/h2-5,11H,6,10H2,1H3. The minimum absolute atomic E-state index is 0.252. The summed E-state index contributed by atoms with van der Waals surface area (Å²) in [6.45, 7) is 0.347. The Morgan fingerprint density at radius 3 is 2.54 bits per heavy atom. The maximum absolute atomic E-state index is 10.5. The first-order valence-corrected chi connectivity index (χ1v) is 4.12. The van der Waals surface area contributed by atoms with Crippen molar-refractivity contribution in [3.8, 4) is 0 Å². The Kier molecular flexibility index (Phi) is 3.37. The highest BCUT2D eigenvalue weighted by Gasteiger charge is 1.95. The first kappa shape index (κ1) is 9.64. The van der Waals surface area contributed by atoms with E-state index in [-0.39, 0.29) is 5.87 Å². The average molecular weight is 177 g/mol. The minimum Gasteiger partial charge on any atom is -0.469 e. The van der Waals surface area contributed by atoms with Crippen molar-refractivity contribution in [3.63, 3.8) is 0 Å². The highest BCUT2D eigenvalue weighted by atomic mass is 16.5. The second-order valence-electron chi connectivity index (χ2n) is 2.73. The summed E-state index contributed by atoms with van der Waals surface area (Å²) in [5, 5.41) is 3.01. The number of nitrogens with one attached hydrogen (secondary N) is 1. The molecule has 0 fully saturated rings. The van der Waals surface area contributed by atoms with Gasteiger partial charge in [0.15, 0.2) is 0 Å². The van der Waals surface area contributed by atoms with E-state index in [4.69, 9.17) is 4.74 Å². The van der Waals surface area contributed by atoms with Crippen molar-refractivity contribution < 1.29 is 9.53 Å². The van der Waals surface area contributed by atoms with Crippen molar-refractivity contribution in [2.75, 3.05) is 12.4 Å². The SMILES string of the molecule is BC(=O)OCc1ccc(NC)cc1. The van der Waals surface area contributed by atoms with Gasteiger partial charge in [0.2, 0.25) is 13.7 Å². The van der Waals surface area contributed by atoms with Crippen LogP contribution in [0.15, 0.2) is 24.3 Å². The summed E-state index contributed by atoms with van der Waals surface area (Å²) in [7, 11) is 3.27. The van der Waals surface area contributed by atoms with E-state index in [1.165, 1.54) is 7.85 Å². The van der Waals surface area contributed by atoms with Crippen molar-refractivity contribution in [2.24, 2.45) is 0 Å². The fraction of sp³-hybridized carbons (Fsp3) is 0.222. The number of anilines is 1. The highest BCUT2D eigenvalue weighted by Crippen LogP contribution is 2.09. The summed E-state index contributed by atoms with van der Waals surface area (Å²) in [5.74, 6) is -0.252. The van der Waals surface area contributed by atoms with E-state index in [1.54, 1.807) is 0 Å². The zero-order valence-corrected chi connectivity index (χ0v) is 7.83. The highest BCUT2D eigenvalue weighted by molar-refractivity contribution is 6.55. The molecule has 0 saturated carbocycles. The number of ether oxygens (including phenoxy) is 1.